The molecule has 37 heavy (non-hydrogen) atoms. The van der Waals surface area contributed by atoms with Crippen molar-refractivity contribution in [2.24, 2.45) is 13.0 Å². The first-order valence-electron chi connectivity index (χ1n) is 13.0. The van der Waals surface area contributed by atoms with Crippen LogP contribution in [0.25, 0.3) is 27.8 Å². The van der Waals surface area contributed by atoms with Crippen molar-refractivity contribution in [1.82, 2.24) is 29.7 Å². The van der Waals surface area contributed by atoms with Crippen molar-refractivity contribution >= 4 is 17.2 Å². The third-order valence-electron chi connectivity index (χ3n) is 7.86. The van der Waals surface area contributed by atoms with Crippen LogP contribution < -0.4 is 10.2 Å². The van der Waals surface area contributed by atoms with Gasteiger partial charge in [0.15, 0.2) is 0 Å². The van der Waals surface area contributed by atoms with Gasteiger partial charge in [0.05, 0.1) is 24.0 Å². The number of amides is 1. The summed E-state index contributed by atoms with van der Waals surface area (Å²) in [5, 5.41) is 12.1. The van der Waals surface area contributed by atoms with E-state index < -0.39 is 0 Å². The van der Waals surface area contributed by atoms with E-state index in [1.54, 1.807) is 11.8 Å². The highest BCUT2D eigenvalue weighted by atomic mass is 16.5. The number of hydrogen-bond acceptors (Lipinski definition) is 6. The number of carbonyl (C=O) groups excluding carboxylic acids is 1. The first-order chi connectivity index (χ1) is 18.0. The van der Waals surface area contributed by atoms with Gasteiger partial charge in [0.1, 0.15) is 5.82 Å². The van der Waals surface area contributed by atoms with Crippen molar-refractivity contribution in [2.45, 2.75) is 44.8 Å². The summed E-state index contributed by atoms with van der Waals surface area (Å²) in [4.78, 5) is 19.8. The predicted octanol–water partition coefficient (Wildman–Crippen LogP) is 3.62. The number of anilines is 1. The molecular formula is C28H33N7O2. The highest BCUT2D eigenvalue weighted by Crippen LogP contribution is 2.33. The summed E-state index contributed by atoms with van der Waals surface area (Å²) in [5.41, 5.74) is 6.45. The molecule has 1 amide bonds. The molecule has 0 unspecified atom stereocenters. The van der Waals surface area contributed by atoms with Gasteiger partial charge < -0.3 is 15.0 Å². The van der Waals surface area contributed by atoms with E-state index in [-0.39, 0.29) is 17.9 Å². The Morgan fingerprint density at radius 3 is 2.51 bits per heavy atom. The SMILES string of the molecule is COC1CC(NC(=O)C2CCN(c3ccc(-c4cc(-c5cnn(C)c5)cn5ncc(C)c45)cn3)CC2)C1. The maximum absolute atomic E-state index is 12.7. The maximum atomic E-state index is 12.7. The topological polar surface area (TPSA) is 89.6 Å². The average Bonchev–Trinajstić information content (AvgIpc) is 3.51. The average molecular weight is 500 g/mol. The lowest BCUT2D eigenvalue weighted by Crippen LogP contribution is -2.50. The van der Waals surface area contributed by atoms with Crippen LogP contribution in [0.15, 0.2) is 49.2 Å². The lowest BCUT2D eigenvalue weighted by atomic mass is 9.88. The molecule has 1 saturated carbocycles. The van der Waals surface area contributed by atoms with Gasteiger partial charge in [0.25, 0.3) is 0 Å². The zero-order valence-corrected chi connectivity index (χ0v) is 21.6. The molecule has 9 heteroatoms. The third-order valence-corrected chi connectivity index (χ3v) is 7.86. The molecule has 0 bridgehead atoms. The van der Waals surface area contributed by atoms with Gasteiger partial charge in [-0.2, -0.15) is 10.2 Å². The van der Waals surface area contributed by atoms with E-state index in [2.05, 4.69) is 45.5 Å². The number of carbonyl (C=O) groups is 1. The van der Waals surface area contributed by atoms with Crippen LogP contribution >= 0.6 is 0 Å². The number of aromatic nitrogens is 5. The van der Waals surface area contributed by atoms with Crippen LogP contribution in [0.4, 0.5) is 5.82 Å². The maximum Gasteiger partial charge on any atom is 0.223 e. The summed E-state index contributed by atoms with van der Waals surface area (Å²) in [6.45, 7) is 3.75. The van der Waals surface area contributed by atoms with Gasteiger partial charge in [-0.1, -0.05) is 0 Å². The lowest BCUT2D eigenvalue weighted by molar-refractivity contribution is -0.128. The number of methoxy groups -OCH3 is 1. The van der Waals surface area contributed by atoms with Crippen LogP contribution in [0.3, 0.4) is 0 Å². The Bertz CT molecular complexity index is 1410. The van der Waals surface area contributed by atoms with E-state index in [9.17, 15) is 4.79 Å². The summed E-state index contributed by atoms with van der Waals surface area (Å²) in [5.74, 6) is 1.22. The van der Waals surface area contributed by atoms with Crippen LogP contribution in [-0.2, 0) is 16.6 Å². The van der Waals surface area contributed by atoms with E-state index in [4.69, 9.17) is 9.72 Å². The minimum absolute atomic E-state index is 0.0745. The number of nitrogens with zero attached hydrogens (tertiary/aromatic N) is 6. The molecule has 0 spiro atoms. The van der Waals surface area contributed by atoms with Crippen LogP contribution in [0.2, 0.25) is 0 Å². The smallest absolute Gasteiger partial charge is 0.223 e. The number of aryl methyl sites for hydroxylation is 2. The number of ether oxygens (including phenoxy) is 1. The van der Waals surface area contributed by atoms with Crippen LogP contribution in [0.1, 0.15) is 31.2 Å². The minimum Gasteiger partial charge on any atom is -0.381 e. The first kappa shape index (κ1) is 23.7. The van der Waals surface area contributed by atoms with Gasteiger partial charge in [-0.15, -0.1) is 0 Å². The number of piperidine rings is 1. The van der Waals surface area contributed by atoms with E-state index in [0.29, 0.717) is 6.10 Å². The van der Waals surface area contributed by atoms with Gasteiger partial charge in [-0.25, -0.2) is 9.50 Å². The molecule has 4 aromatic rings. The second-order valence-electron chi connectivity index (χ2n) is 10.4. The van der Waals surface area contributed by atoms with Gasteiger partial charge in [0, 0.05) is 80.1 Å². The van der Waals surface area contributed by atoms with Crippen molar-refractivity contribution in [2.75, 3.05) is 25.1 Å². The van der Waals surface area contributed by atoms with Crippen molar-refractivity contribution in [3.05, 3.63) is 54.7 Å². The standard InChI is InChI=1S/C28H33N7O2/c1-18-13-31-35-17-21(22-15-30-33(2)16-22)10-25(27(18)35)20-4-5-26(29-14-20)34-8-6-19(7-9-34)28(36)32-23-11-24(12-23)37-3/h4-5,10,13-17,19,23-24H,6-9,11-12H2,1-3H3,(H,32,36). The molecule has 0 atom stereocenters. The van der Waals surface area contributed by atoms with E-state index >= 15 is 0 Å². The molecule has 0 aromatic carbocycles. The molecule has 192 valence electrons. The molecule has 2 fully saturated rings. The van der Waals surface area contributed by atoms with Crippen molar-refractivity contribution < 1.29 is 9.53 Å². The zero-order valence-electron chi connectivity index (χ0n) is 21.6. The fourth-order valence-electron chi connectivity index (χ4n) is 5.52. The number of fused-ring (bicyclic) bond motifs is 1. The molecule has 4 aromatic heterocycles. The van der Waals surface area contributed by atoms with Gasteiger partial charge in [0.2, 0.25) is 5.91 Å². The van der Waals surface area contributed by atoms with Crippen LogP contribution in [0, 0.1) is 12.8 Å². The normalized spacial score (nSPS) is 20.2. The second-order valence-corrected chi connectivity index (χ2v) is 10.4. The molecule has 5 heterocycles. The summed E-state index contributed by atoms with van der Waals surface area (Å²) < 4.78 is 9.07. The number of rotatable bonds is 6. The molecule has 1 N–H and O–H groups in total. The van der Waals surface area contributed by atoms with E-state index in [0.717, 1.165) is 77.9 Å². The Morgan fingerprint density at radius 2 is 1.84 bits per heavy atom. The van der Waals surface area contributed by atoms with Crippen molar-refractivity contribution in [3.63, 3.8) is 0 Å². The highest BCUT2D eigenvalue weighted by molar-refractivity contribution is 5.86. The Morgan fingerprint density at radius 1 is 1.03 bits per heavy atom. The summed E-state index contributed by atoms with van der Waals surface area (Å²) in [6.07, 6.45) is 13.6. The third kappa shape index (κ3) is 4.59. The number of pyridine rings is 2. The molecule has 9 nitrogen and oxygen atoms in total. The number of hydrogen-bond donors (Lipinski definition) is 1. The van der Waals surface area contributed by atoms with E-state index in [1.807, 2.05) is 42.5 Å². The Hall–Kier alpha value is -3.72. The Kier molecular flexibility index (Phi) is 6.16. The van der Waals surface area contributed by atoms with Crippen molar-refractivity contribution in [1.29, 1.82) is 0 Å². The largest absolute Gasteiger partial charge is 0.381 e. The fourth-order valence-corrected chi connectivity index (χ4v) is 5.52. The highest BCUT2D eigenvalue weighted by Gasteiger charge is 2.33. The molecular weight excluding hydrogens is 466 g/mol. The molecule has 2 aliphatic rings. The Labute approximate surface area is 216 Å². The second kappa shape index (κ2) is 9.63. The summed E-state index contributed by atoms with van der Waals surface area (Å²) in [7, 11) is 3.65. The Balaban J connectivity index is 1.16. The fraction of sp³-hybridized carbons (Fsp3) is 0.429. The monoisotopic (exact) mass is 499 g/mol. The lowest BCUT2D eigenvalue weighted by Gasteiger charge is -2.37. The van der Waals surface area contributed by atoms with E-state index in [1.165, 1.54) is 0 Å². The minimum atomic E-state index is 0.0745. The van der Waals surface area contributed by atoms with Gasteiger partial charge >= 0.3 is 0 Å². The molecule has 1 aliphatic carbocycles. The summed E-state index contributed by atoms with van der Waals surface area (Å²) in [6, 6.07) is 6.69. The molecule has 0 radical (unpaired) electrons. The van der Waals surface area contributed by atoms with Gasteiger partial charge in [-0.3, -0.25) is 9.48 Å². The first-order valence-corrected chi connectivity index (χ1v) is 13.0. The zero-order chi connectivity index (χ0) is 25.5. The molecule has 1 saturated heterocycles. The van der Waals surface area contributed by atoms with Crippen LogP contribution in [0.5, 0.6) is 0 Å². The quantitative estimate of drug-likeness (QED) is 0.436. The predicted molar refractivity (Wildman–Crippen MR) is 142 cm³/mol. The van der Waals surface area contributed by atoms with Crippen LogP contribution in [-0.4, -0.2) is 62.6 Å². The van der Waals surface area contributed by atoms with Crippen molar-refractivity contribution in [3.8, 4) is 22.3 Å². The number of nitrogens with one attached hydrogen (secondary N) is 1. The molecule has 1 aliphatic heterocycles. The van der Waals surface area contributed by atoms with Gasteiger partial charge in [-0.05, 0) is 56.4 Å². The molecule has 6 rings (SSSR count). The summed E-state index contributed by atoms with van der Waals surface area (Å²) >= 11 is 0.